The van der Waals surface area contributed by atoms with Crippen LogP contribution in [0.3, 0.4) is 0 Å². The number of likely N-dealkylation sites (tertiary alicyclic amines) is 1. The fourth-order valence-corrected chi connectivity index (χ4v) is 3.82. The van der Waals surface area contributed by atoms with Gasteiger partial charge in [0.15, 0.2) is 0 Å². The molecule has 1 aliphatic heterocycles. The van der Waals surface area contributed by atoms with Crippen molar-refractivity contribution in [1.82, 2.24) is 10.2 Å². The summed E-state index contributed by atoms with van der Waals surface area (Å²) in [6.45, 7) is 14.3. The molecule has 2 aliphatic rings. The van der Waals surface area contributed by atoms with E-state index in [2.05, 4.69) is 44.8 Å². The maximum atomic E-state index is 3.74. The molecule has 1 saturated heterocycles. The molecule has 1 saturated carbocycles. The first-order valence-corrected chi connectivity index (χ1v) is 7.42. The third kappa shape index (κ3) is 2.85. The van der Waals surface area contributed by atoms with Crippen LogP contribution >= 0.6 is 0 Å². The van der Waals surface area contributed by atoms with Gasteiger partial charge in [0, 0.05) is 31.2 Å². The van der Waals surface area contributed by atoms with Gasteiger partial charge in [-0.3, -0.25) is 4.90 Å². The van der Waals surface area contributed by atoms with Crippen molar-refractivity contribution in [3.63, 3.8) is 0 Å². The van der Waals surface area contributed by atoms with Crippen LogP contribution in [-0.2, 0) is 0 Å². The Bertz CT molecular complexity index is 254. The van der Waals surface area contributed by atoms with Crippen molar-refractivity contribution < 1.29 is 0 Å². The molecule has 2 nitrogen and oxygen atoms in total. The minimum absolute atomic E-state index is 0.630. The van der Waals surface area contributed by atoms with Crippen molar-refractivity contribution in [1.29, 1.82) is 0 Å². The van der Waals surface area contributed by atoms with Gasteiger partial charge in [0.1, 0.15) is 0 Å². The van der Waals surface area contributed by atoms with Crippen molar-refractivity contribution in [2.75, 3.05) is 13.1 Å². The van der Waals surface area contributed by atoms with E-state index in [1.54, 1.807) is 0 Å². The summed E-state index contributed by atoms with van der Waals surface area (Å²) >= 11 is 0. The average Bonchev–Trinajstić information content (AvgIpc) is 2.16. The van der Waals surface area contributed by atoms with Gasteiger partial charge in [-0.2, -0.15) is 0 Å². The second kappa shape index (κ2) is 4.89. The molecule has 100 valence electrons. The second-order valence-corrected chi connectivity index (χ2v) is 7.15. The lowest BCUT2D eigenvalue weighted by molar-refractivity contribution is -0.0654. The normalized spacial score (nSPS) is 33.4. The smallest absolute Gasteiger partial charge is 0.00954 e. The predicted octanol–water partition coefficient (Wildman–Crippen LogP) is 2.88. The topological polar surface area (TPSA) is 15.3 Å². The van der Waals surface area contributed by atoms with Crippen LogP contribution in [0.25, 0.3) is 0 Å². The minimum Gasteiger partial charge on any atom is -0.312 e. The van der Waals surface area contributed by atoms with Crippen LogP contribution in [0.15, 0.2) is 0 Å². The van der Waals surface area contributed by atoms with E-state index in [9.17, 15) is 0 Å². The first kappa shape index (κ1) is 13.4. The Balaban J connectivity index is 1.84. The molecular formula is C15H30N2. The zero-order valence-corrected chi connectivity index (χ0v) is 12.3. The van der Waals surface area contributed by atoms with Crippen LogP contribution in [0.4, 0.5) is 0 Å². The quantitative estimate of drug-likeness (QED) is 0.813. The van der Waals surface area contributed by atoms with E-state index in [0.29, 0.717) is 11.5 Å². The van der Waals surface area contributed by atoms with Gasteiger partial charge in [-0.1, -0.05) is 20.8 Å². The van der Waals surface area contributed by atoms with Gasteiger partial charge in [0.2, 0.25) is 0 Å². The molecule has 0 aromatic rings. The van der Waals surface area contributed by atoms with Gasteiger partial charge < -0.3 is 5.32 Å². The Labute approximate surface area is 107 Å². The summed E-state index contributed by atoms with van der Waals surface area (Å²) in [5.41, 5.74) is 0.679. The van der Waals surface area contributed by atoms with Crippen LogP contribution in [0.5, 0.6) is 0 Å². The first-order chi connectivity index (χ1) is 7.92. The standard InChI is InChI=1S/C15H30N2/c1-11(2)16-14-6-7-15(8-13(14)5)9-17(10-15)12(3)4/h11-14,16H,6-10H2,1-5H3/t13-,14-/m1/s1. The van der Waals surface area contributed by atoms with Crippen molar-refractivity contribution in [3.05, 3.63) is 0 Å². The maximum Gasteiger partial charge on any atom is 0.00954 e. The Hall–Kier alpha value is -0.0800. The highest BCUT2D eigenvalue weighted by atomic mass is 15.2. The van der Waals surface area contributed by atoms with Crippen molar-refractivity contribution in [2.45, 2.75) is 72.0 Å². The second-order valence-electron chi connectivity index (χ2n) is 7.15. The number of hydrogen-bond donors (Lipinski definition) is 1. The molecule has 2 heteroatoms. The maximum absolute atomic E-state index is 3.74. The van der Waals surface area contributed by atoms with Gasteiger partial charge in [0.25, 0.3) is 0 Å². The van der Waals surface area contributed by atoms with Crippen molar-refractivity contribution in [3.8, 4) is 0 Å². The number of hydrogen-bond acceptors (Lipinski definition) is 2. The largest absolute Gasteiger partial charge is 0.312 e. The zero-order valence-electron chi connectivity index (χ0n) is 12.3. The molecule has 2 rings (SSSR count). The fraction of sp³-hybridized carbons (Fsp3) is 1.00. The summed E-state index contributed by atoms with van der Waals surface area (Å²) in [6, 6.07) is 2.13. The molecule has 0 aromatic carbocycles. The van der Waals surface area contributed by atoms with E-state index >= 15 is 0 Å². The number of nitrogens with one attached hydrogen (secondary N) is 1. The lowest BCUT2D eigenvalue weighted by atomic mass is 9.63. The highest BCUT2D eigenvalue weighted by Crippen LogP contribution is 2.46. The molecule has 1 spiro atoms. The molecule has 2 atom stereocenters. The summed E-state index contributed by atoms with van der Waals surface area (Å²) in [6.07, 6.45) is 4.25. The number of nitrogens with zero attached hydrogens (tertiary/aromatic N) is 1. The highest BCUT2D eigenvalue weighted by Gasteiger charge is 2.47. The molecule has 0 bridgehead atoms. The summed E-state index contributed by atoms with van der Waals surface area (Å²) in [5, 5.41) is 3.74. The van der Waals surface area contributed by atoms with E-state index in [-0.39, 0.29) is 0 Å². The van der Waals surface area contributed by atoms with Crippen LogP contribution in [0, 0.1) is 11.3 Å². The molecule has 0 aromatic heterocycles. The Morgan fingerprint density at radius 1 is 1.18 bits per heavy atom. The van der Waals surface area contributed by atoms with Crippen LogP contribution < -0.4 is 5.32 Å². The Kier molecular flexibility index (Phi) is 3.84. The van der Waals surface area contributed by atoms with E-state index in [1.165, 1.54) is 32.4 Å². The van der Waals surface area contributed by atoms with Gasteiger partial charge in [-0.15, -0.1) is 0 Å². The van der Waals surface area contributed by atoms with Gasteiger partial charge in [-0.05, 0) is 44.4 Å². The van der Waals surface area contributed by atoms with Gasteiger partial charge >= 0.3 is 0 Å². The molecule has 1 heterocycles. The van der Waals surface area contributed by atoms with Crippen LogP contribution in [0.2, 0.25) is 0 Å². The first-order valence-electron chi connectivity index (χ1n) is 7.42. The molecular weight excluding hydrogens is 208 g/mol. The summed E-state index contributed by atoms with van der Waals surface area (Å²) in [4.78, 5) is 2.63. The van der Waals surface area contributed by atoms with E-state index < -0.39 is 0 Å². The third-order valence-corrected chi connectivity index (χ3v) is 4.78. The molecule has 1 N–H and O–H groups in total. The lowest BCUT2D eigenvalue weighted by Crippen LogP contribution is -2.62. The predicted molar refractivity (Wildman–Crippen MR) is 74.2 cm³/mol. The van der Waals surface area contributed by atoms with Gasteiger partial charge in [-0.25, -0.2) is 0 Å². The Morgan fingerprint density at radius 2 is 1.82 bits per heavy atom. The summed E-state index contributed by atoms with van der Waals surface area (Å²) in [5.74, 6) is 0.848. The average molecular weight is 238 g/mol. The zero-order chi connectivity index (χ0) is 12.6. The molecule has 0 amide bonds. The fourth-order valence-electron chi connectivity index (χ4n) is 3.82. The van der Waals surface area contributed by atoms with E-state index in [1.807, 2.05) is 0 Å². The van der Waals surface area contributed by atoms with E-state index in [0.717, 1.165) is 18.0 Å². The summed E-state index contributed by atoms with van der Waals surface area (Å²) in [7, 11) is 0. The lowest BCUT2D eigenvalue weighted by Gasteiger charge is -2.57. The minimum atomic E-state index is 0.630. The molecule has 1 aliphatic carbocycles. The molecule has 0 radical (unpaired) electrons. The van der Waals surface area contributed by atoms with Crippen molar-refractivity contribution >= 4 is 0 Å². The summed E-state index contributed by atoms with van der Waals surface area (Å²) < 4.78 is 0. The third-order valence-electron chi connectivity index (χ3n) is 4.78. The van der Waals surface area contributed by atoms with Gasteiger partial charge in [0.05, 0.1) is 0 Å². The Morgan fingerprint density at radius 3 is 2.29 bits per heavy atom. The molecule has 2 fully saturated rings. The monoisotopic (exact) mass is 238 g/mol. The SMILES string of the molecule is CC(C)N[C@@H]1CCC2(C[C@H]1C)CN(C(C)C)C2. The highest BCUT2D eigenvalue weighted by molar-refractivity contribution is 5.01. The van der Waals surface area contributed by atoms with Crippen LogP contribution in [0.1, 0.15) is 53.9 Å². The number of rotatable bonds is 3. The van der Waals surface area contributed by atoms with E-state index in [4.69, 9.17) is 0 Å². The van der Waals surface area contributed by atoms with Crippen LogP contribution in [-0.4, -0.2) is 36.1 Å². The van der Waals surface area contributed by atoms with Crippen molar-refractivity contribution in [2.24, 2.45) is 11.3 Å². The molecule has 17 heavy (non-hydrogen) atoms. The molecule has 0 unspecified atom stereocenters.